The van der Waals surface area contributed by atoms with E-state index in [1.807, 2.05) is 13.8 Å². The van der Waals surface area contributed by atoms with E-state index in [1.54, 1.807) is 0 Å². The molecule has 0 saturated heterocycles. The SMILES string of the molecule is CCCN(Cc1c(C)noc1C)CC1CC1. The van der Waals surface area contributed by atoms with E-state index in [0.717, 1.165) is 23.9 Å². The van der Waals surface area contributed by atoms with Crippen LogP contribution in [0.2, 0.25) is 0 Å². The molecule has 0 unspecified atom stereocenters. The Balaban J connectivity index is 1.97. The average Bonchev–Trinajstić information content (AvgIpc) is 3.00. The molecule has 0 spiro atoms. The summed E-state index contributed by atoms with van der Waals surface area (Å²) in [7, 11) is 0. The lowest BCUT2D eigenvalue weighted by atomic mass is 10.2. The van der Waals surface area contributed by atoms with Crippen LogP contribution in [0.5, 0.6) is 0 Å². The predicted octanol–water partition coefficient (Wildman–Crippen LogP) is 2.91. The van der Waals surface area contributed by atoms with E-state index in [2.05, 4.69) is 17.0 Å². The predicted molar refractivity (Wildman–Crippen MR) is 64.3 cm³/mol. The van der Waals surface area contributed by atoms with E-state index < -0.39 is 0 Å². The van der Waals surface area contributed by atoms with E-state index >= 15 is 0 Å². The molecule has 1 fully saturated rings. The fourth-order valence-corrected chi connectivity index (χ4v) is 2.17. The Bertz CT molecular complexity index is 322. The van der Waals surface area contributed by atoms with Crippen molar-refractivity contribution < 1.29 is 4.52 Å². The molecule has 0 atom stereocenters. The van der Waals surface area contributed by atoms with Crippen LogP contribution in [-0.4, -0.2) is 23.1 Å². The van der Waals surface area contributed by atoms with Gasteiger partial charge >= 0.3 is 0 Å². The summed E-state index contributed by atoms with van der Waals surface area (Å²) in [5.41, 5.74) is 2.34. The maximum atomic E-state index is 5.22. The van der Waals surface area contributed by atoms with Gasteiger partial charge in [0.2, 0.25) is 0 Å². The fourth-order valence-electron chi connectivity index (χ4n) is 2.17. The minimum Gasteiger partial charge on any atom is -0.361 e. The van der Waals surface area contributed by atoms with Gasteiger partial charge in [-0.3, -0.25) is 4.90 Å². The van der Waals surface area contributed by atoms with Gasteiger partial charge in [0.1, 0.15) is 5.76 Å². The standard InChI is InChI=1S/C13H22N2O/c1-4-7-15(8-12-5-6-12)9-13-10(2)14-16-11(13)3/h12H,4-9H2,1-3H3. The Morgan fingerprint density at radius 1 is 1.38 bits per heavy atom. The first kappa shape index (κ1) is 11.6. The molecule has 3 nitrogen and oxygen atoms in total. The first-order valence-electron chi connectivity index (χ1n) is 6.34. The van der Waals surface area contributed by atoms with Gasteiger partial charge in [-0.25, -0.2) is 0 Å². The van der Waals surface area contributed by atoms with Crippen molar-refractivity contribution in [2.24, 2.45) is 5.92 Å². The summed E-state index contributed by atoms with van der Waals surface area (Å²) in [5.74, 6) is 1.93. The van der Waals surface area contributed by atoms with E-state index in [0.29, 0.717) is 0 Å². The number of aromatic nitrogens is 1. The Morgan fingerprint density at radius 3 is 2.62 bits per heavy atom. The van der Waals surface area contributed by atoms with E-state index in [1.165, 1.54) is 37.9 Å². The smallest absolute Gasteiger partial charge is 0.138 e. The zero-order valence-corrected chi connectivity index (χ0v) is 10.6. The maximum Gasteiger partial charge on any atom is 0.138 e. The molecule has 3 heteroatoms. The fraction of sp³-hybridized carbons (Fsp3) is 0.769. The van der Waals surface area contributed by atoms with Crippen LogP contribution in [0, 0.1) is 19.8 Å². The third-order valence-corrected chi connectivity index (χ3v) is 3.32. The number of nitrogens with zero attached hydrogens (tertiary/aromatic N) is 2. The van der Waals surface area contributed by atoms with Gasteiger partial charge in [0.25, 0.3) is 0 Å². The molecule has 0 amide bonds. The highest BCUT2D eigenvalue weighted by molar-refractivity contribution is 5.20. The Labute approximate surface area is 97.8 Å². The van der Waals surface area contributed by atoms with Gasteiger partial charge in [0.15, 0.2) is 0 Å². The number of hydrogen-bond acceptors (Lipinski definition) is 3. The van der Waals surface area contributed by atoms with Crippen LogP contribution in [0.15, 0.2) is 4.52 Å². The van der Waals surface area contributed by atoms with Gasteiger partial charge < -0.3 is 4.52 Å². The molecule has 0 aromatic carbocycles. The van der Waals surface area contributed by atoms with Crippen LogP contribution in [0.3, 0.4) is 0 Å². The first-order valence-corrected chi connectivity index (χ1v) is 6.34. The van der Waals surface area contributed by atoms with Crippen molar-refractivity contribution in [3.8, 4) is 0 Å². The quantitative estimate of drug-likeness (QED) is 0.741. The first-order chi connectivity index (χ1) is 7.70. The van der Waals surface area contributed by atoms with Crippen molar-refractivity contribution in [2.45, 2.75) is 46.6 Å². The number of hydrogen-bond donors (Lipinski definition) is 0. The second-order valence-corrected chi connectivity index (χ2v) is 4.98. The molecular formula is C13H22N2O. The summed E-state index contributed by atoms with van der Waals surface area (Å²) in [6.45, 7) is 9.72. The molecule has 1 aliphatic carbocycles. The van der Waals surface area contributed by atoms with Crippen LogP contribution < -0.4 is 0 Å². The molecule has 1 saturated carbocycles. The van der Waals surface area contributed by atoms with Crippen molar-refractivity contribution >= 4 is 0 Å². The molecule has 16 heavy (non-hydrogen) atoms. The van der Waals surface area contributed by atoms with Crippen molar-refractivity contribution in [2.75, 3.05) is 13.1 Å². The van der Waals surface area contributed by atoms with Crippen LogP contribution in [0.25, 0.3) is 0 Å². The monoisotopic (exact) mass is 222 g/mol. The highest BCUT2D eigenvalue weighted by atomic mass is 16.5. The van der Waals surface area contributed by atoms with Gasteiger partial charge in [-0.1, -0.05) is 12.1 Å². The Kier molecular flexibility index (Phi) is 3.64. The van der Waals surface area contributed by atoms with Crippen molar-refractivity contribution in [3.05, 3.63) is 17.0 Å². The highest BCUT2D eigenvalue weighted by Gasteiger charge is 2.24. The van der Waals surface area contributed by atoms with Gasteiger partial charge in [0.05, 0.1) is 5.69 Å². The summed E-state index contributed by atoms with van der Waals surface area (Å²) in [4.78, 5) is 2.55. The average molecular weight is 222 g/mol. The summed E-state index contributed by atoms with van der Waals surface area (Å²) < 4.78 is 5.22. The third-order valence-electron chi connectivity index (χ3n) is 3.32. The lowest BCUT2D eigenvalue weighted by Gasteiger charge is -2.21. The molecule has 1 aromatic rings. The lowest BCUT2D eigenvalue weighted by Crippen LogP contribution is -2.26. The zero-order valence-electron chi connectivity index (χ0n) is 10.6. The molecule has 1 aliphatic rings. The summed E-state index contributed by atoms with van der Waals surface area (Å²) in [6.07, 6.45) is 4.06. The molecule has 2 rings (SSSR count). The van der Waals surface area contributed by atoms with Gasteiger partial charge in [0, 0.05) is 18.7 Å². The minimum atomic E-state index is 0.951. The highest BCUT2D eigenvalue weighted by Crippen LogP contribution is 2.30. The Morgan fingerprint density at radius 2 is 2.12 bits per heavy atom. The second kappa shape index (κ2) is 5.00. The van der Waals surface area contributed by atoms with Gasteiger partial charge in [-0.15, -0.1) is 0 Å². The van der Waals surface area contributed by atoms with Crippen molar-refractivity contribution in [3.63, 3.8) is 0 Å². The van der Waals surface area contributed by atoms with E-state index in [4.69, 9.17) is 4.52 Å². The second-order valence-electron chi connectivity index (χ2n) is 4.98. The molecule has 90 valence electrons. The molecule has 0 radical (unpaired) electrons. The van der Waals surface area contributed by atoms with Crippen LogP contribution >= 0.6 is 0 Å². The van der Waals surface area contributed by atoms with E-state index in [9.17, 15) is 0 Å². The molecular weight excluding hydrogens is 200 g/mol. The summed E-state index contributed by atoms with van der Waals surface area (Å²) in [5, 5.41) is 4.02. The van der Waals surface area contributed by atoms with Crippen LogP contribution in [0.4, 0.5) is 0 Å². The lowest BCUT2D eigenvalue weighted by molar-refractivity contribution is 0.253. The number of aryl methyl sites for hydroxylation is 2. The molecule has 0 bridgehead atoms. The summed E-state index contributed by atoms with van der Waals surface area (Å²) >= 11 is 0. The zero-order chi connectivity index (χ0) is 11.5. The third kappa shape index (κ3) is 2.85. The van der Waals surface area contributed by atoms with E-state index in [-0.39, 0.29) is 0 Å². The summed E-state index contributed by atoms with van der Waals surface area (Å²) in [6, 6.07) is 0. The number of rotatable bonds is 6. The van der Waals surface area contributed by atoms with Crippen molar-refractivity contribution in [1.29, 1.82) is 0 Å². The molecule has 1 aromatic heterocycles. The molecule has 1 heterocycles. The Hall–Kier alpha value is -0.830. The largest absolute Gasteiger partial charge is 0.361 e. The van der Waals surface area contributed by atoms with Crippen molar-refractivity contribution in [1.82, 2.24) is 10.1 Å². The molecule has 0 aliphatic heterocycles. The normalized spacial score (nSPS) is 16.0. The topological polar surface area (TPSA) is 29.3 Å². The molecule has 0 N–H and O–H groups in total. The maximum absolute atomic E-state index is 5.22. The van der Waals surface area contributed by atoms with Crippen LogP contribution in [0.1, 0.15) is 43.2 Å². The minimum absolute atomic E-state index is 0.951. The van der Waals surface area contributed by atoms with Gasteiger partial charge in [-0.2, -0.15) is 0 Å². The van der Waals surface area contributed by atoms with Crippen LogP contribution in [-0.2, 0) is 6.54 Å². The van der Waals surface area contributed by atoms with Gasteiger partial charge in [-0.05, 0) is 45.6 Å².